The van der Waals surface area contributed by atoms with Gasteiger partial charge in [0.1, 0.15) is 5.82 Å². The second-order valence-corrected chi connectivity index (χ2v) is 4.58. The van der Waals surface area contributed by atoms with E-state index in [9.17, 15) is 0 Å². The number of anilines is 2. The normalized spacial score (nSPS) is 11.2. The van der Waals surface area contributed by atoms with Gasteiger partial charge in [0.05, 0.1) is 10.9 Å². The predicted molar refractivity (Wildman–Crippen MR) is 75.3 cm³/mol. The fraction of sp³-hybridized carbons (Fsp3) is 0.143. The van der Waals surface area contributed by atoms with E-state index in [1.807, 2.05) is 12.1 Å². The van der Waals surface area contributed by atoms with Crippen molar-refractivity contribution < 1.29 is 0 Å². The SMILES string of the molecule is Cc1cc2ccc3nc(N)nc(N)c3c2cc1C. The Kier molecular flexibility index (Phi) is 2.13. The molecule has 90 valence electrons. The van der Waals surface area contributed by atoms with Crippen molar-refractivity contribution in [2.75, 3.05) is 11.5 Å². The highest BCUT2D eigenvalue weighted by Crippen LogP contribution is 2.30. The summed E-state index contributed by atoms with van der Waals surface area (Å²) in [5.41, 5.74) is 14.9. The Bertz CT molecular complexity index is 778. The van der Waals surface area contributed by atoms with Crippen molar-refractivity contribution in [2.24, 2.45) is 0 Å². The summed E-state index contributed by atoms with van der Waals surface area (Å²) in [6.45, 7) is 4.18. The van der Waals surface area contributed by atoms with E-state index in [0.717, 1.165) is 21.7 Å². The summed E-state index contributed by atoms with van der Waals surface area (Å²) < 4.78 is 0. The van der Waals surface area contributed by atoms with Gasteiger partial charge in [0.25, 0.3) is 0 Å². The zero-order chi connectivity index (χ0) is 12.9. The minimum atomic E-state index is 0.211. The summed E-state index contributed by atoms with van der Waals surface area (Å²) in [5.74, 6) is 0.648. The van der Waals surface area contributed by atoms with E-state index in [1.54, 1.807) is 0 Å². The molecule has 0 saturated heterocycles. The number of nitrogens with two attached hydrogens (primary N) is 2. The molecule has 4 nitrogen and oxygen atoms in total. The number of fused-ring (bicyclic) bond motifs is 3. The highest BCUT2D eigenvalue weighted by Gasteiger charge is 2.08. The number of aryl methyl sites for hydroxylation is 2. The van der Waals surface area contributed by atoms with Gasteiger partial charge < -0.3 is 11.5 Å². The molecule has 0 fully saturated rings. The van der Waals surface area contributed by atoms with Gasteiger partial charge in [-0.05, 0) is 41.8 Å². The molecule has 1 heterocycles. The predicted octanol–water partition coefficient (Wildman–Crippen LogP) is 2.56. The van der Waals surface area contributed by atoms with Crippen LogP contribution in [0.5, 0.6) is 0 Å². The van der Waals surface area contributed by atoms with Crippen LogP contribution in [0.4, 0.5) is 11.8 Å². The molecule has 0 unspecified atom stereocenters. The van der Waals surface area contributed by atoms with Gasteiger partial charge in [-0.25, -0.2) is 4.98 Å². The molecule has 3 aromatic rings. The Balaban J connectivity index is 2.56. The number of nitrogens with zero attached hydrogens (tertiary/aromatic N) is 2. The minimum absolute atomic E-state index is 0.211. The van der Waals surface area contributed by atoms with Crippen LogP contribution < -0.4 is 11.5 Å². The quantitative estimate of drug-likeness (QED) is 0.590. The van der Waals surface area contributed by atoms with Crippen molar-refractivity contribution in [2.45, 2.75) is 13.8 Å². The van der Waals surface area contributed by atoms with E-state index in [4.69, 9.17) is 11.5 Å². The molecule has 4 N–H and O–H groups in total. The van der Waals surface area contributed by atoms with Crippen molar-refractivity contribution in [1.82, 2.24) is 9.97 Å². The van der Waals surface area contributed by atoms with E-state index in [2.05, 4.69) is 35.9 Å². The van der Waals surface area contributed by atoms with Crippen molar-refractivity contribution in [3.63, 3.8) is 0 Å². The molecule has 0 bridgehead atoms. The molecule has 0 saturated carbocycles. The molecular formula is C14H14N4. The van der Waals surface area contributed by atoms with Gasteiger partial charge in [-0.3, -0.25) is 0 Å². The van der Waals surface area contributed by atoms with Gasteiger partial charge >= 0.3 is 0 Å². The van der Waals surface area contributed by atoms with Crippen LogP contribution in [0.2, 0.25) is 0 Å². The van der Waals surface area contributed by atoms with Crippen LogP contribution >= 0.6 is 0 Å². The zero-order valence-corrected chi connectivity index (χ0v) is 10.4. The first-order valence-corrected chi connectivity index (χ1v) is 5.79. The first kappa shape index (κ1) is 10.8. The van der Waals surface area contributed by atoms with Crippen LogP contribution in [0, 0.1) is 13.8 Å². The lowest BCUT2D eigenvalue weighted by molar-refractivity contribution is 1.25. The van der Waals surface area contributed by atoms with Crippen LogP contribution in [0.15, 0.2) is 24.3 Å². The second-order valence-electron chi connectivity index (χ2n) is 4.58. The first-order valence-electron chi connectivity index (χ1n) is 5.79. The smallest absolute Gasteiger partial charge is 0.222 e. The first-order chi connectivity index (χ1) is 8.56. The summed E-state index contributed by atoms with van der Waals surface area (Å²) in [5, 5.41) is 3.10. The molecule has 0 atom stereocenters. The van der Waals surface area contributed by atoms with Crippen LogP contribution in [0.25, 0.3) is 21.7 Å². The Morgan fingerprint density at radius 1 is 0.944 bits per heavy atom. The third-order valence-electron chi connectivity index (χ3n) is 3.34. The highest BCUT2D eigenvalue weighted by atomic mass is 15.0. The zero-order valence-electron chi connectivity index (χ0n) is 10.4. The summed E-state index contributed by atoms with van der Waals surface area (Å²) in [7, 11) is 0. The molecule has 0 amide bonds. The van der Waals surface area contributed by atoms with Crippen LogP contribution in [-0.4, -0.2) is 9.97 Å². The van der Waals surface area contributed by atoms with E-state index in [1.165, 1.54) is 11.1 Å². The van der Waals surface area contributed by atoms with Gasteiger partial charge in [0, 0.05) is 0 Å². The molecule has 4 heteroatoms. The molecule has 0 aliphatic carbocycles. The summed E-state index contributed by atoms with van der Waals surface area (Å²) in [6.07, 6.45) is 0. The van der Waals surface area contributed by atoms with Gasteiger partial charge in [-0.15, -0.1) is 0 Å². The second kappa shape index (κ2) is 3.57. The number of rotatable bonds is 0. The molecule has 2 aromatic carbocycles. The number of nitrogen functional groups attached to an aromatic ring is 2. The third kappa shape index (κ3) is 1.46. The summed E-state index contributed by atoms with van der Waals surface area (Å²) >= 11 is 0. The standard InChI is InChI=1S/C14H14N4/c1-7-5-9-3-4-11-12(10(9)6-8(7)2)13(15)18-14(16)17-11/h3-6H,1-2H3,(H4,15,16,17,18). The van der Waals surface area contributed by atoms with Crippen molar-refractivity contribution in [3.8, 4) is 0 Å². The Morgan fingerprint density at radius 3 is 2.44 bits per heavy atom. The number of hydrogen-bond acceptors (Lipinski definition) is 4. The maximum atomic E-state index is 5.98. The third-order valence-corrected chi connectivity index (χ3v) is 3.34. The van der Waals surface area contributed by atoms with Crippen molar-refractivity contribution >= 4 is 33.4 Å². The van der Waals surface area contributed by atoms with E-state index >= 15 is 0 Å². The van der Waals surface area contributed by atoms with Gasteiger partial charge in [-0.1, -0.05) is 18.2 Å². The van der Waals surface area contributed by atoms with Crippen LogP contribution in [0.3, 0.4) is 0 Å². The van der Waals surface area contributed by atoms with Crippen molar-refractivity contribution in [1.29, 1.82) is 0 Å². The highest BCUT2D eigenvalue weighted by molar-refractivity contribution is 6.11. The molecule has 0 spiro atoms. The molecule has 3 rings (SSSR count). The molecule has 18 heavy (non-hydrogen) atoms. The molecule has 0 radical (unpaired) electrons. The fourth-order valence-electron chi connectivity index (χ4n) is 2.27. The van der Waals surface area contributed by atoms with Crippen molar-refractivity contribution in [3.05, 3.63) is 35.4 Å². The maximum absolute atomic E-state index is 5.98. The summed E-state index contributed by atoms with van der Waals surface area (Å²) in [6, 6.07) is 8.25. The average molecular weight is 238 g/mol. The van der Waals surface area contributed by atoms with E-state index in [0.29, 0.717) is 5.82 Å². The monoisotopic (exact) mass is 238 g/mol. The van der Waals surface area contributed by atoms with Crippen LogP contribution in [-0.2, 0) is 0 Å². The minimum Gasteiger partial charge on any atom is -0.383 e. The number of aromatic nitrogens is 2. The molecule has 0 aliphatic heterocycles. The molecule has 0 aliphatic rings. The van der Waals surface area contributed by atoms with E-state index in [-0.39, 0.29) is 5.95 Å². The molecule has 1 aromatic heterocycles. The lowest BCUT2D eigenvalue weighted by Gasteiger charge is -2.09. The Labute approximate surface area is 105 Å². The van der Waals surface area contributed by atoms with Crippen LogP contribution in [0.1, 0.15) is 11.1 Å². The summed E-state index contributed by atoms with van der Waals surface area (Å²) in [4.78, 5) is 8.27. The Morgan fingerprint density at radius 2 is 1.67 bits per heavy atom. The lowest BCUT2D eigenvalue weighted by atomic mass is 10.00. The number of hydrogen-bond donors (Lipinski definition) is 2. The van der Waals surface area contributed by atoms with Gasteiger partial charge in [0.15, 0.2) is 0 Å². The lowest BCUT2D eigenvalue weighted by Crippen LogP contribution is -2.01. The fourth-order valence-corrected chi connectivity index (χ4v) is 2.27. The van der Waals surface area contributed by atoms with Gasteiger partial charge in [-0.2, -0.15) is 4.98 Å². The topological polar surface area (TPSA) is 77.8 Å². The Hall–Kier alpha value is -2.36. The number of benzene rings is 2. The molecular weight excluding hydrogens is 224 g/mol. The van der Waals surface area contributed by atoms with Gasteiger partial charge in [0.2, 0.25) is 5.95 Å². The maximum Gasteiger partial charge on any atom is 0.222 e. The average Bonchev–Trinajstić information content (AvgIpc) is 2.30. The largest absolute Gasteiger partial charge is 0.383 e. The van der Waals surface area contributed by atoms with E-state index < -0.39 is 0 Å².